The van der Waals surface area contributed by atoms with Crippen molar-refractivity contribution >= 4 is 27.8 Å². The van der Waals surface area contributed by atoms with Crippen molar-refractivity contribution in [2.45, 2.75) is 12.5 Å². The van der Waals surface area contributed by atoms with E-state index in [9.17, 15) is 14.0 Å². The van der Waals surface area contributed by atoms with Crippen molar-refractivity contribution < 1.29 is 23.8 Å². The maximum atomic E-state index is 13.5. The van der Waals surface area contributed by atoms with Gasteiger partial charge >= 0.3 is 5.97 Å². The minimum Gasteiger partial charge on any atom is -0.480 e. The van der Waals surface area contributed by atoms with Gasteiger partial charge in [-0.05, 0) is 28.1 Å². The molecule has 1 atom stereocenters. The Kier molecular flexibility index (Phi) is 5.91. The highest BCUT2D eigenvalue weighted by atomic mass is 79.9. The molecule has 0 aromatic heterocycles. The zero-order valence-electron chi connectivity index (χ0n) is 10.2. The van der Waals surface area contributed by atoms with Crippen LogP contribution in [0.5, 0.6) is 0 Å². The maximum Gasteiger partial charge on any atom is 0.326 e. The molecular formula is C12H13BrFNO4. The number of ether oxygens (including phenoxy) is 1. The van der Waals surface area contributed by atoms with E-state index in [4.69, 9.17) is 9.84 Å². The van der Waals surface area contributed by atoms with Gasteiger partial charge in [0.05, 0.1) is 5.56 Å². The predicted octanol–water partition coefficient (Wildman–Crippen LogP) is 1.81. The molecule has 0 bridgehead atoms. The number of carboxylic acids is 1. The number of carbonyl (C=O) groups excluding carboxylic acids is 1. The van der Waals surface area contributed by atoms with Crippen LogP contribution >= 0.6 is 15.9 Å². The van der Waals surface area contributed by atoms with E-state index in [1.54, 1.807) is 0 Å². The fourth-order valence-electron chi connectivity index (χ4n) is 1.44. The fraction of sp³-hybridized carbons (Fsp3) is 0.333. The monoisotopic (exact) mass is 333 g/mol. The first kappa shape index (κ1) is 15.6. The largest absolute Gasteiger partial charge is 0.480 e. The molecule has 0 saturated heterocycles. The third-order valence-electron chi connectivity index (χ3n) is 2.40. The van der Waals surface area contributed by atoms with Crippen molar-refractivity contribution in [3.63, 3.8) is 0 Å². The van der Waals surface area contributed by atoms with Crippen molar-refractivity contribution in [2.24, 2.45) is 0 Å². The van der Waals surface area contributed by atoms with Crippen LogP contribution in [0.25, 0.3) is 0 Å². The molecule has 1 aromatic carbocycles. The van der Waals surface area contributed by atoms with Crippen LogP contribution in [0.2, 0.25) is 0 Å². The molecule has 104 valence electrons. The van der Waals surface area contributed by atoms with E-state index < -0.39 is 23.7 Å². The average molecular weight is 334 g/mol. The Bertz CT molecular complexity index is 461. The summed E-state index contributed by atoms with van der Waals surface area (Å²) in [6, 6.07) is 2.95. The number of carboxylic acid groups (broad SMARTS) is 1. The SMILES string of the molecule is COCCC(NC(=O)c1c(F)cccc1Br)C(=O)O. The van der Waals surface area contributed by atoms with Crippen LogP contribution < -0.4 is 5.32 Å². The second-order valence-electron chi connectivity index (χ2n) is 3.74. The van der Waals surface area contributed by atoms with Gasteiger partial charge in [0.2, 0.25) is 0 Å². The summed E-state index contributed by atoms with van der Waals surface area (Å²) in [7, 11) is 1.42. The summed E-state index contributed by atoms with van der Waals surface area (Å²) in [5, 5.41) is 11.2. The molecule has 0 spiro atoms. The molecule has 7 heteroatoms. The number of halogens is 2. The molecule has 0 aliphatic heterocycles. The average Bonchev–Trinajstić information content (AvgIpc) is 2.33. The van der Waals surface area contributed by atoms with Crippen LogP contribution in [0.15, 0.2) is 22.7 Å². The molecule has 2 N–H and O–H groups in total. The predicted molar refractivity (Wildman–Crippen MR) is 69.5 cm³/mol. The first-order valence-corrected chi connectivity index (χ1v) is 6.23. The lowest BCUT2D eigenvalue weighted by atomic mass is 10.1. The van der Waals surface area contributed by atoms with E-state index in [2.05, 4.69) is 21.2 Å². The Labute approximate surface area is 117 Å². The van der Waals surface area contributed by atoms with Gasteiger partial charge in [-0.2, -0.15) is 0 Å². The van der Waals surface area contributed by atoms with Gasteiger partial charge in [-0.3, -0.25) is 4.79 Å². The smallest absolute Gasteiger partial charge is 0.326 e. The summed E-state index contributed by atoms with van der Waals surface area (Å²) in [6.07, 6.45) is 0.101. The zero-order chi connectivity index (χ0) is 14.4. The lowest BCUT2D eigenvalue weighted by molar-refractivity contribution is -0.139. The standard InChI is InChI=1S/C12H13BrFNO4/c1-19-6-5-9(12(17)18)15-11(16)10-7(13)3-2-4-8(10)14/h2-4,9H,5-6H2,1H3,(H,15,16)(H,17,18). The van der Waals surface area contributed by atoms with Crippen molar-refractivity contribution in [2.75, 3.05) is 13.7 Å². The molecule has 1 rings (SSSR count). The number of carbonyl (C=O) groups is 2. The highest BCUT2D eigenvalue weighted by Gasteiger charge is 2.23. The Balaban J connectivity index is 2.85. The minimum absolute atomic E-state index is 0.101. The first-order chi connectivity index (χ1) is 8.97. The summed E-state index contributed by atoms with van der Waals surface area (Å²) in [5.41, 5.74) is -0.217. The molecule has 19 heavy (non-hydrogen) atoms. The number of hydrogen-bond acceptors (Lipinski definition) is 3. The van der Waals surface area contributed by atoms with Crippen LogP contribution in [0.3, 0.4) is 0 Å². The molecule has 1 aromatic rings. The topological polar surface area (TPSA) is 75.6 Å². The normalized spacial score (nSPS) is 11.9. The van der Waals surface area contributed by atoms with E-state index in [0.29, 0.717) is 0 Å². The minimum atomic E-state index is -1.20. The second kappa shape index (κ2) is 7.20. The molecule has 0 radical (unpaired) electrons. The maximum absolute atomic E-state index is 13.5. The van der Waals surface area contributed by atoms with E-state index in [0.717, 1.165) is 6.07 Å². The van der Waals surface area contributed by atoms with Gasteiger partial charge in [0.1, 0.15) is 11.9 Å². The number of rotatable bonds is 6. The molecule has 0 heterocycles. The van der Waals surface area contributed by atoms with E-state index in [-0.39, 0.29) is 23.1 Å². The van der Waals surface area contributed by atoms with E-state index in [1.165, 1.54) is 19.2 Å². The van der Waals surface area contributed by atoms with Crippen molar-refractivity contribution in [3.8, 4) is 0 Å². The highest BCUT2D eigenvalue weighted by Crippen LogP contribution is 2.19. The number of amides is 1. The Hall–Kier alpha value is -1.47. The van der Waals surface area contributed by atoms with Crippen LogP contribution in [0, 0.1) is 5.82 Å². The summed E-state index contributed by atoms with van der Waals surface area (Å²) < 4.78 is 18.6. The van der Waals surface area contributed by atoms with Crippen molar-refractivity contribution in [1.82, 2.24) is 5.32 Å². The Morgan fingerprint density at radius 2 is 2.21 bits per heavy atom. The molecule has 0 fully saturated rings. The quantitative estimate of drug-likeness (QED) is 0.832. The number of aliphatic carboxylic acids is 1. The van der Waals surface area contributed by atoms with E-state index in [1.807, 2.05) is 0 Å². The van der Waals surface area contributed by atoms with Crippen molar-refractivity contribution in [3.05, 3.63) is 34.1 Å². The number of hydrogen-bond donors (Lipinski definition) is 2. The van der Waals surface area contributed by atoms with Gasteiger partial charge < -0.3 is 15.2 Å². The molecule has 0 aliphatic carbocycles. The molecular weight excluding hydrogens is 321 g/mol. The highest BCUT2D eigenvalue weighted by molar-refractivity contribution is 9.10. The van der Waals surface area contributed by atoms with Gasteiger partial charge in [-0.1, -0.05) is 6.07 Å². The van der Waals surface area contributed by atoms with Crippen LogP contribution in [0.1, 0.15) is 16.8 Å². The van der Waals surface area contributed by atoms with Gasteiger partial charge in [0.25, 0.3) is 5.91 Å². The van der Waals surface area contributed by atoms with Gasteiger partial charge in [-0.25, -0.2) is 9.18 Å². The van der Waals surface area contributed by atoms with Crippen LogP contribution in [-0.2, 0) is 9.53 Å². The summed E-state index contributed by atoms with van der Waals surface area (Å²) in [5.74, 6) is -2.70. The molecule has 0 saturated carbocycles. The molecule has 5 nitrogen and oxygen atoms in total. The number of methoxy groups -OCH3 is 1. The van der Waals surface area contributed by atoms with Crippen LogP contribution in [0.4, 0.5) is 4.39 Å². The summed E-state index contributed by atoms with van der Waals surface area (Å²) >= 11 is 3.05. The lowest BCUT2D eigenvalue weighted by Crippen LogP contribution is -2.41. The van der Waals surface area contributed by atoms with Crippen molar-refractivity contribution in [1.29, 1.82) is 0 Å². The molecule has 0 aliphatic rings. The third-order valence-corrected chi connectivity index (χ3v) is 3.06. The number of benzene rings is 1. The third kappa shape index (κ3) is 4.29. The first-order valence-electron chi connectivity index (χ1n) is 5.44. The molecule has 1 amide bonds. The second-order valence-corrected chi connectivity index (χ2v) is 4.60. The molecule has 1 unspecified atom stereocenters. The number of nitrogens with one attached hydrogen (secondary N) is 1. The summed E-state index contributed by atoms with van der Waals surface area (Å²) in [6.45, 7) is 0.176. The fourth-order valence-corrected chi connectivity index (χ4v) is 1.96. The van der Waals surface area contributed by atoms with Gasteiger partial charge in [0.15, 0.2) is 0 Å². The Morgan fingerprint density at radius 1 is 1.53 bits per heavy atom. The summed E-state index contributed by atoms with van der Waals surface area (Å²) in [4.78, 5) is 22.8. The van der Waals surface area contributed by atoms with E-state index >= 15 is 0 Å². The van der Waals surface area contributed by atoms with Gasteiger partial charge in [-0.15, -0.1) is 0 Å². The lowest BCUT2D eigenvalue weighted by Gasteiger charge is -2.15. The Morgan fingerprint density at radius 3 is 2.74 bits per heavy atom. The zero-order valence-corrected chi connectivity index (χ0v) is 11.7. The van der Waals surface area contributed by atoms with Crippen LogP contribution in [-0.4, -0.2) is 36.7 Å². The van der Waals surface area contributed by atoms with Gasteiger partial charge in [0, 0.05) is 24.6 Å².